The number of hydroxylamine groups is 1. The summed E-state index contributed by atoms with van der Waals surface area (Å²) in [7, 11) is 1.48. The molecule has 3 rings (SSSR count). The van der Waals surface area contributed by atoms with E-state index >= 15 is 0 Å². The molecule has 7 nitrogen and oxygen atoms in total. The number of aryl methyl sites for hydroxylation is 1. The summed E-state index contributed by atoms with van der Waals surface area (Å²) in [6.07, 6.45) is 4.47. The second-order valence-electron chi connectivity index (χ2n) is 7.90. The van der Waals surface area contributed by atoms with E-state index in [9.17, 15) is 10.5 Å². The number of ether oxygens (including phenoxy) is 3. The lowest BCUT2D eigenvalue weighted by Gasteiger charge is -2.19. The molecule has 0 saturated heterocycles. The van der Waals surface area contributed by atoms with Crippen LogP contribution in [0.15, 0.2) is 48.7 Å². The lowest BCUT2D eigenvalue weighted by atomic mass is 10.1. The highest BCUT2D eigenvalue weighted by atomic mass is 32.1. The van der Waals surface area contributed by atoms with Gasteiger partial charge in [-0.3, -0.25) is 0 Å². The van der Waals surface area contributed by atoms with Gasteiger partial charge in [-0.25, -0.2) is 0 Å². The van der Waals surface area contributed by atoms with E-state index in [1.807, 2.05) is 65.0 Å². The van der Waals surface area contributed by atoms with Gasteiger partial charge in [-0.2, -0.15) is 15.9 Å². The van der Waals surface area contributed by atoms with Crippen LogP contribution in [0.3, 0.4) is 0 Å². The van der Waals surface area contributed by atoms with Crippen LogP contribution in [0.25, 0.3) is 0 Å². The highest BCUT2D eigenvalue weighted by Gasteiger charge is 2.26. The summed E-state index contributed by atoms with van der Waals surface area (Å²) in [5.41, 5.74) is 4.89. The molecule has 1 fully saturated rings. The van der Waals surface area contributed by atoms with Crippen LogP contribution in [-0.2, 0) is 6.42 Å². The number of nitrogens with one attached hydrogen (secondary N) is 1. The van der Waals surface area contributed by atoms with Crippen molar-refractivity contribution in [3.05, 3.63) is 59.8 Å². The molecule has 2 aromatic carbocycles. The van der Waals surface area contributed by atoms with Crippen LogP contribution in [0, 0.1) is 11.3 Å². The SMILES string of the molecule is C=C(CCCOc1ccc(Oc2cc(C#N)c(OC3CC3)c(CC)c2)cc1)N[N+](C)(O)S.CC.CC. The molecule has 2 N–H and O–H groups in total. The molecule has 8 heteroatoms. The van der Waals surface area contributed by atoms with Crippen LogP contribution in [0.1, 0.15) is 71.4 Å². The van der Waals surface area contributed by atoms with Crippen LogP contribution < -0.4 is 19.6 Å². The fraction of sp³-hybridized carbons (Fsp3) is 0.464. The number of thiol groups is 1. The van der Waals surface area contributed by atoms with Gasteiger partial charge in [0.15, 0.2) is 0 Å². The van der Waals surface area contributed by atoms with Gasteiger partial charge in [0.1, 0.15) is 48.9 Å². The van der Waals surface area contributed by atoms with Crippen LogP contribution >= 0.6 is 12.8 Å². The predicted octanol–water partition coefficient (Wildman–Crippen LogP) is 7.36. The van der Waals surface area contributed by atoms with Gasteiger partial charge in [-0.05, 0) is 72.2 Å². The Kier molecular flexibility index (Phi) is 13.9. The highest BCUT2D eigenvalue weighted by Crippen LogP contribution is 2.36. The molecule has 0 aromatic heterocycles. The minimum absolute atomic E-state index is 0.234. The smallest absolute Gasteiger partial charge is 0.140 e. The quantitative estimate of drug-likeness (QED) is 0.118. The van der Waals surface area contributed by atoms with Crippen LogP contribution in [0.2, 0.25) is 0 Å². The standard InChI is InChI=1S/C24H30N3O4S.2C2H6/c1-4-18-14-23(15-19(16-25)24(18)31-22-11-12-22)30-21-9-7-20(8-10-21)29-13-5-6-17(2)26-27(3,28)32;2*1-2/h7-10,14-15,22,26,28,32H,2,4-6,11-13H2,1,3H3;2*1-2H3/q+1;;. The average Bonchev–Trinajstić information content (AvgIpc) is 3.69. The number of nitrogens with zero attached hydrogens (tertiary/aromatic N) is 2. The van der Waals surface area contributed by atoms with E-state index in [2.05, 4.69) is 30.9 Å². The molecule has 0 aliphatic heterocycles. The third-order valence-electron chi connectivity index (χ3n) is 4.77. The first kappa shape index (κ1) is 31.2. The first-order valence-corrected chi connectivity index (χ1v) is 13.1. The molecular formula is C28H42N3O4S+. The van der Waals surface area contributed by atoms with Crippen molar-refractivity contribution in [2.45, 2.75) is 72.8 Å². The average molecular weight is 517 g/mol. The van der Waals surface area contributed by atoms with Crippen LogP contribution in [0.4, 0.5) is 0 Å². The molecule has 198 valence electrons. The number of rotatable bonds is 12. The minimum atomic E-state index is -0.660. The highest BCUT2D eigenvalue weighted by molar-refractivity contribution is 7.74. The van der Waals surface area contributed by atoms with Crippen molar-refractivity contribution >= 4 is 12.8 Å². The number of benzene rings is 2. The Balaban J connectivity index is 0.00000154. The first-order chi connectivity index (χ1) is 17.3. The number of allylic oxidation sites excluding steroid dienone is 1. The molecule has 1 unspecified atom stereocenters. The summed E-state index contributed by atoms with van der Waals surface area (Å²) in [6.45, 7) is 14.4. The van der Waals surface area contributed by atoms with E-state index in [-0.39, 0.29) is 6.10 Å². The second kappa shape index (κ2) is 16.0. The zero-order valence-electron chi connectivity index (χ0n) is 22.5. The third-order valence-corrected chi connectivity index (χ3v) is 4.87. The van der Waals surface area contributed by atoms with Crippen molar-refractivity contribution in [2.75, 3.05) is 13.7 Å². The maximum absolute atomic E-state index is 9.56. The molecule has 2 aromatic rings. The Bertz CT molecular complexity index is 978. The molecule has 1 saturated carbocycles. The van der Waals surface area contributed by atoms with Crippen molar-refractivity contribution in [1.82, 2.24) is 5.43 Å². The number of nitriles is 1. The molecule has 1 aliphatic rings. The van der Waals surface area contributed by atoms with E-state index in [0.29, 0.717) is 41.5 Å². The summed E-state index contributed by atoms with van der Waals surface area (Å²) >= 11 is 3.94. The van der Waals surface area contributed by atoms with Crippen molar-refractivity contribution < 1.29 is 23.6 Å². The number of hydrogen-bond donors (Lipinski definition) is 3. The van der Waals surface area contributed by atoms with E-state index in [1.54, 1.807) is 6.07 Å². The van der Waals surface area contributed by atoms with Gasteiger partial charge in [0.05, 0.1) is 24.0 Å². The van der Waals surface area contributed by atoms with Gasteiger partial charge >= 0.3 is 0 Å². The molecule has 0 heterocycles. The summed E-state index contributed by atoms with van der Waals surface area (Å²) < 4.78 is 17.0. The Morgan fingerprint density at radius 3 is 2.28 bits per heavy atom. The second-order valence-corrected chi connectivity index (χ2v) is 8.67. The van der Waals surface area contributed by atoms with Crippen LogP contribution in [-0.4, -0.2) is 29.1 Å². The monoisotopic (exact) mass is 516 g/mol. The Morgan fingerprint density at radius 2 is 1.75 bits per heavy atom. The topological polar surface area (TPSA) is 83.7 Å². The van der Waals surface area contributed by atoms with Crippen LogP contribution in [0.5, 0.6) is 23.0 Å². The van der Waals surface area contributed by atoms with Gasteiger partial charge in [-0.1, -0.05) is 41.2 Å². The largest absolute Gasteiger partial charge is 0.494 e. The number of hydrogen-bond acceptors (Lipinski definition) is 7. The van der Waals surface area contributed by atoms with Gasteiger partial charge in [0.2, 0.25) is 0 Å². The number of quaternary nitrogens is 1. The van der Waals surface area contributed by atoms with Crippen molar-refractivity contribution in [3.63, 3.8) is 0 Å². The lowest BCUT2D eigenvalue weighted by molar-refractivity contribution is -1.01. The Labute approximate surface area is 222 Å². The van der Waals surface area contributed by atoms with Crippen molar-refractivity contribution in [1.29, 1.82) is 5.26 Å². The van der Waals surface area contributed by atoms with Gasteiger partial charge in [0, 0.05) is 6.07 Å². The first-order valence-electron chi connectivity index (χ1n) is 12.7. The van der Waals surface area contributed by atoms with E-state index < -0.39 is 4.16 Å². The molecule has 1 aliphatic carbocycles. The fourth-order valence-electron chi connectivity index (χ4n) is 3.13. The molecule has 0 amide bonds. The van der Waals surface area contributed by atoms with Crippen molar-refractivity contribution in [3.8, 4) is 29.1 Å². The third kappa shape index (κ3) is 11.3. The molecule has 36 heavy (non-hydrogen) atoms. The molecular weight excluding hydrogens is 474 g/mol. The summed E-state index contributed by atoms with van der Waals surface area (Å²) in [6, 6.07) is 13.2. The summed E-state index contributed by atoms with van der Waals surface area (Å²) in [5, 5.41) is 19.1. The van der Waals surface area contributed by atoms with E-state index in [0.717, 1.165) is 37.0 Å². The molecule has 0 spiro atoms. The van der Waals surface area contributed by atoms with E-state index in [4.69, 9.17) is 14.2 Å². The van der Waals surface area contributed by atoms with E-state index in [1.165, 1.54) is 7.05 Å². The normalized spacial score (nSPS) is 13.4. The minimum Gasteiger partial charge on any atom is -0.494 e. The Morgan fingerprint density at radius 1 is 1.14 bits per heavy atom. The molecule has 0 radical (unpaired) electrons. The Hall–Kier alpha value is -2.86. The zero-order chi connectivity index (χ0) is 27.1. The summed E-state index contributed by atoms with van der Waals surface area (Å²) in [5.74, 6) is 2.68. The zero-order valence-corrected chi connectivity index (χ0v) is 23.4. The van der Waals surface area contributed by atoms with Gasteiger partial charge in [0.25, 0.3) is 0 Å². The maximum Gasteiger partial charge on any atom is 0.140 e. The molecule has 0 bridgehead atoms. The maximum atomic E-state index is 9.56. The predicted molar refractivity (Wildman–Crippen MR) is 147 cm³/mol. The van der Waals surface area contributed by atoms with Gasteiger partial charge in [-0.15, -0.1) is 0 Å². The fourth-order valence-corrected chi connectivity index (χ4v) is 3.27. The lowest BCUT2D eigenvalue weighted by Crippen LogP contribution is -2.42. The van der Waals surface area contributed by atoms with Gasteiger partial charge < -0.3 is 14.2 Å². The summed E-state index contributed by atoms with van der Waals surface area (Å²) in [4.78, 5) is 0. The van der Waals surface area contributed by atoms with Crippen molar-refractivity contribution in [2.24, 2.45) is 0 Å². The molecule has 1 atom stereocenters.